The van der Waals surface area contributed by atoms with Crippen molar-refractivity contribution in [2.75, 3.05) is 19.3 Å². The number of benzene rings is 1. The predicted octanol–water partition coefficient (Wildman–Crippen LogP) is 3.19. The molecule has 1 saturated heterocycles. The number of pyridine rings is 1. The number of piperidine rings is 1. The van der Waals surface area contributed by atoms with Gasteiger partial charge in [-0.3, -0.25) is 9.78 Å². The monoisotopic (exact) mass is 396 g/mol. The summed E-state index contributed by atoms with van der Waals surface area (Å²) in [4.78, 5) is 18.3. The van der Waals surface area contributed by atoms with Gasteiger partial charge in [0.15, 0.2) is 4.90 Å². The van der Waals surface area contributed by atoms with Crippen molar-refractivity contribution < 1.29 is 14.1 Å². The number of rotatable bonds is 3. The first kappa shape index (κ1) is 18.0. The first-order valence-electron chi connectivity index (χ1n) is 9.81. The molecule has 0 radical (unpaired) electrons. The minimum absolute atomic E-state index is 0.0745. The molecule has 1 aromatic carbocycles. The Bertz CT molecular complexity index is 896. The third-order valence-corrected chi connectivity index (χ3v) is 7.61. The molecular formula is C22H24N2O3S. The van der Waals surface area contributed by atoms with Crippen molar-refractivity contribution in [1.29, 1.82) is 0 Å². The number of fused-ring (bicyclic) bond motifs is 1. The highest BCUT2D eigenvalue weighted by atomic mass is 32.2. The second-order valence-electron chi connectivity index (χ2n) is 8.61. The van der Waals surface area contributed by atoms with Crippen LogP contribution >= 0.6 is 0 Å². The molecule has 28 heavy (non-hydrogen) atoms. The van der Waals surface area contributed by atoms with Crippen LogP contribution in [0.5, 0.6) is 5.75 Å². The van der Waals surface area contributed by atoms with Gasteiger partial charge in [-0.25, -0.2) is 0 Å². The summed E-state index contributed by atoms with van der Waals surface area (Å²) in [5.74, 6) is 0.912. The fourth-order valence-corrected chi connectivity index (χ4v) is 5.80. The van der Waals surface area contributed by atoms with Gasteiger partial charge in [-0.2, -0.15) is 0 Å². The van der Waals surface area contributed by atoms with Crippen LogP contribution < -0.4 is 4.74 Å². The number of nitrogens with zero attached hydrogens (tertiary/aromatic N) is 2. The molecular weight excluding hydrogens is 372 g/mol. The van der Waals surface area contributed by atoms with Gasteiger partial charge in [-0.1, -0.05) is 0 Å². The van der Waals surface area contributed by atoms with Crippen LogP contribution in [0.25, 0.3) is 11.3 Å². The summed E-state index contributed by atoms with van der Waals surface area (Å²) < 4.78 is 17.9. The minimum atomic E-state index is -0.969. The SMILES string of the molecule is C[S+]([O-])c1ccc(-c2cc3c(cn2)OC2(C3)CC3(CCN(C=O)CC3)C2)cc1. The average molecular weight is 397 g/mol. The Hall–Kier alpha value is -2.05. The number of carbonyl (C=O) groups excluding carboxylic acids is 1. The van der Waals surface area contributed by atoms with E-state index < -0.39 is 11.2 Å². The van der Waals surface area contributed by atoms with E-state index in [4.69, 9.17) is 4.74 Å². The van der Waals surface area contributed by atoms with Crippen LogP contribution in [0.1, 0.15) is 31.2 Å². The van der Waals surface area contributed by atoms with Crippen LogP contribution in [0.15, 0.2) is 41.4 Å². The molecule has 5 rings (SSSR count). The molecule has 3 heterocycles. The first-order chi connectivity index (χ1) is 13.5. The van der Waals surface area contributed by atoms with Gasteiger partial charge in [0.05, 0.1) is 11.9 Å². The Morgan fingerprint density at radius 1 is 1.21 bits per heavy atom. The van der Waals surface area contributed by atoms with Gasteiger partial charge < -0.3 is 14.2 Å². The van der Waals surface area contributed by atoms with Crippen LogP contribution in [-0.2, 0) is 22.4 Å². The summed E-state index contributed by atoms with van der Waals surface area (Å²) in [5.41, 5.74) is 3.47. The molecule has 6 heteroatoms. The van der Waals surface area contributed by atoms with E-state index in [1.807, 2.05) is 35.4 Å². The number of aromatic nitrogens is 1. The van der Waals surface area contributed by atoms with E-state index in [0.717, 1.165) is 73.5 Å². The van der Waals surface area contributed by atoms with Gasteiger partial charge in [-0.05, 0) is 72.6 Å². The Kier molecular flexibility index (Phi) is 4.18. The van der Waals surface area contributed by atoms with E-state index in [1.54, 1.807) is 6.26 Å². The van der Waals surface area contributed by atoms with Gasteiger partial charge in [0, 0.05) is 30.6 Å². The molecule has 1 saturated carbocycles. The molecule has 2 spiro atoms. The summed E-state index contributed by atoms with van der Waals surface area (Å²) in [7, 11) is 0. The van der Waals surface area contributed by atoms with Gasteiger partial charge in [-0.15, -0.1) is 0 Å². The Morgan fingerprint density at radius 2 is 1.93 bits per heavy atom. The molecule has 2 aliphatic heterocycles. The zero-order chi connectivity index (χ0) is 19.4. The molecule has 1 unspecified atom stereocenters. The van der Waals surface area contributed by atoms with Crippen LogP contribution in [-0.4, -0.2) is 45.8 Å². The van der Waals surface area contributed by atoms with E-state index in [2.05, 4.69) is 11.1 Å². The van der Waals surface area contributed by atoms with Crippen molar-refractivity contribution in [2.45, 2.75) is 42.6 Å². The summed E-state index contributed by atoms with van der Waals surface area (Å²) >= 11 is -0.969. The molecule has 1 aliphatic carbocycles. The molecule has 2 fully saturated rings. The molecule has 5 nitrogen and oxygen atoms in total. The van der Waals surface area contributed by atoms with Gasteiger partial charge in [0.1, 0.15) is 17.6 Å². The number of ether oxygens (including phenoxy) is 1. The van der Waals surface area contributed by atoms with Gasteiger partial charge >= 0.3 is 0 Å². The highest BCUT2D eigenvalue weighted by Crippen LogP contribution is 2.60. The molecule has 3 aliphatic rings. The number of hydrogen-bond acceptors (Lipinski definition) is 4. The average Bonchev–Trinajstić information content (AvgIpc) is 3.06. The van der Waals surface area contributed by atoms with Crippen LogP contribution in [0.2, 0.25) is 0 Å². The summed E-state index contributed by atoms with van der Waals surface area (Å²) in [6, 6.07) is 9.91. The molecule has 0 N–H and O–H groups in total. The van der Waals surface area contributed by atoms with E-state index >= 15 is 0 Å². The maximum Gasteiger partial charge on any atom is 0.209 e. The van der Waals surface area contributed by atoms with Crippen LogP contribution in [0, 0.1) is 5.41 Å². The summed E-state index contributed by atoms with van der Waals surface area (Å²) in [6.45, 7) is 1.74. The lowest BCUT2D eigenvalue weighted by Crippen LogP contribution is -2.58. The first-order valence-corrected chi connectivity index (χ1v) is 11.4. The Labute approximate surface area is 168 Å². The standard InChI is InChI=1S/C22H24N2O3S/c1-28(26)18-4-2-16(3-5-18)19-10-17-11-22(27-20(17)12-23-19)13-21(14-22)6-8-24(15-25)9-7-21/h2-5,10,12,15H,6-9,11,13-14H2,1H3. The van der Waals surface area contributed by atoms with E-state index in [9.17, 15) is 9.35 Å². The van der Waals surface area contributed by atoms with Crippen molar-refractivity contribution in [2.24, 2.45) is 5.41 Å². The largest absolute Gasteiger partial charge is 0.612 e. The van der Waals surface area contributed by atoms with Crippen LogP contribution in [0.3, 0.4) is 0 Å². The molecule has 0 bridgehead atoms. The number of likely N-dealkylation sites (tertiary alicyclic amines) is 1. The zero-order valence-corrected chi connectivity index (χ0v) is 16.8. The molecule has 2 aromatic rings. The highest BCUT2D eigenvalue weighted by Gasteiger charge is 2.59. The lowest BCUT2D eigenvalue weighted by atomic mass is 9.54. The summed E-state index contributed by atoms with van der Waals surface area (Å²) in [6.07, 6.45) is 9.78. The van der Waals surface area contributed by atoms with Crippen molar-refractivity contribution in [1.82, 2.24) is 9.88 Å². The highest BCUT2D eigenvalue weighted by molar-refractivity contribution is 7.90. The fourth-order valence-electron chi connectivity index (χ4n) is 5.28. The maximum atomic E-state index is 11.6. The van der Waals surface area contributed by atoms with Crippen molar-refractivity contribution in [3.05, 3.63) is 42.1 Å². The number of carbonyl (C=O) groups is 1. The van der Waals surface area contributed by atoms with Gasteiger partial charge in [0.2, 0.25) is 6.41 Å². The quantitative estimate of drug-likeness (QED) is 0.590. The molecule has 1 amide bonds. The van der Waals surface area contributed by atoms with E-state index in [0.29, 0.717) is 5.41 Å². The van der Waals surface area contributed by atoms with Crippen LogP contribution in [0.4, 0.5) is 0 Å². The predicted molar refractivity (Wildman–Crippen MR) is 108 cm³/mol. The lowest BCUT2D eigenvalue weighted by molar-refractivity contribution is -0.134. The lowest BCUT2D eigenvalue weighted by Gasteiger charge is -2.56. The topological polar surface area (TPSA) is 65.5 Å². The molecule has 1 aromatic heterocycles. The minimum Gasteiger partial charge on any atom is -0.612 e. The van der Waals surface area contributed by atoms with E-state index in [-0.39, 0.29) is 5.60 Å². The van der Waals surface area contributed by atoms with Crippen molar-refractivity contribution in [3.8, 4) is 17.0 Å². The fraction of sp³-hybridized carbons (Fsp3) is 0.455. The normalized spacial score (nSPS) is 22.4. The van der Waals surface area contributed by atoms with Gasteiger partial charge in [0.25, 0.3) is 0 Å². The Balaban J connectivity index is 1.30. The van der Waals surface area contributed by atoms with Crippen molar-refractivity contribution in [3.63, 3.8) is 0 Å². The third kappa shape index (κ3) is 2.99. The second kappa shape index (κ2) is 6.49. The number of amides is 1. The Morgan fingerprint density at radius 3 is 2.57 bits per heavy atom. The molecule has 1 atom stereocenters. The summed E-state index contributed by atoms with van der Waals surface area (Å²) in [5, 5.41) is 0. The second-order valence-corrected chi connectivity index (χ2v) is 9.99. The maximum absolute atomic E-state index is 11.6. The smallest absolute Gasteiger partial charge is 0.209 e. The van der Waals surface area contributed by atoms with E-state index in [1.165, 1.54) is 5.56 Å². The number of hydrogen-bond donors (Lipinski definition) is 0. The molecule has 146 valence electrons. The third-order valence-electron chi connectivity index (χ3n) is 6.67. The zero-order valence-electron chi connectivity index (χ0n) is 16.0. The van der Waals surface area contributed by atoms with Crippen molar-refractivity contribution >= 4 is 17.6 Å².